The number of benzene rings is 5. The molecule has 0 heterocycles. The number of non-ortho nitro benzene ring substituents is 1. The Kier molecular flexibility index (Phi) is 9.56. The first-order chi connectivity index (χ1) is 24.3. The van der Waals surface area contributed by atoms with E-state index in [4.69, 9.17) is 0 Å². The van der Waals surface area contributed by atoms with E-state index in [0.29, 0.717) is 12.1 Å². The largest absolute Gasteiger partial charge is 0.505 e. The molecule has 0 aliphatic heterocycles. The van der Waals surface area contributed by atoms with Crippen LogP contribution in [0.2, 0.25) is 0 Å². The Morgan fingerprint density at radius 2 is 1.17 bits per heavy atom. The average Bonchev–Trinajstić information content (AvgIpc) is 3.07. The number of rotatable bonds is 10. The van der Waals surface area contributed by atoms with E-state index in [9.17, 15) is 66.6 Å². The summed E-state index contributed by atoms with van der Waals surface area (Å²) in [6, 6.07) is 12.2. The maximum absolute atomic E-state index is 12.1. The third kappa shape index (κ3) is 7.58. The summed E-state index contributed by atoms with van der Waals surface area (Å²) in [5.74, 6) is -3.44. The van der Waals surface area contributed by atoms with Gasteiger partial charge < -0.3 is 20.4 Å². The van der Waals surface area contributed by atoms with Crippen LogP contribution in [0.3, 0.4) is 0 Å². The third-order valence-electron chi connectivity index (χ3n) is 6.82. The second-order valence-corrected chi connectivity index (χ2v) is 13.0. The molecule has 5 rings (SSSR count). The van der Waals surface area contributed by atoms with Gasteiger partial charge in [0.15, 0.2) is 17.2 Å². The molecule has 0 saturated heterocycles. The Morgan fingerprint density at radius 3 is 1.79 bits per heavy atom. The zero-order chi connectivity index (χ0) is 38.1. The van der Waals surface area contributed by atoms with Gasteiger partial charge >= 0.3 is 5.69 Å². The zero-order valence-corrected chi connectivity index (χ0v) is 26.9. The summed E-state index contributed by atoms with van der Waals surface area (Å²) >= 11 is 0. The van der Waals surface area contributed by atoms with E-state index in [1.54, 1.807) is 0 Å². The molecule has 24 heteroatoms. The Hall–Kier alpha value is -7.02. The molecule has 5 aromatic rings. The number of nitro benzene ring substituents is 2. The lowest BCUT2D eigenvalue weighted by atomic mass is 10.1. The smallest absolute Gasteiger partial charge is 0.314 e. The number of phenolic OH excluding ortho intramolecular Hbond substituents is 4. The summed E-state index contributed by atoms with van der Waals surface area (Å²) < 4.78 is 66.5. The van der Waals surface area contributed by atoms with Crippen molar-refractivity contribution in [3.8, 4) is 23.0 Å². The third-order valence-corrected chi connectivity index (χ3v) is 8.52. The number of phenols is 4. The predicted molar refractivity (Wildman–Crippen MR) is 175 cm³/mol. The van der Waals surface area contributed by atoms with Gasteiger partial charge in [0.2, 0.25) is 5.75 Å². The summed E-state index contributed by atoms with van der Waals surface area (Å²) in [5, 5.41) is 86.7. The van der Waals surface area contributed by atoms with Crippen molar-refractivity contribution in [2.45, 2.75) is 9.79 Å². The molecular formula is C28H18N8O14S2. The normalized spacial score (nSPS) is 12.3. The lowest BCUT2D eigenvalue weighted by Gasteiger charge is -2.09. The fraction of sp³-hybridized carbons (Fsp3) is 0. The van der Waals surface area contributed by atoms with E-state index in [0.717, 1.165) is 30.3 Å². The number of hydrogen-bond acceptors (Lipinski definition) is 18. The Balaban J connectivity index is 1.52. The minimum Gasteiger partial charge on any atom is -0.505 e. The molecule has 0 radical (unpaired) electrons. The molecule has 0 saturated carbocycles. The van der Waals surface area contributed by atoms with Gasteiger partial charge in [-0.15, -0.1) is 20.5 Å². The molecule has 5 aromatic carbocycles. The second kappa shape index (κ2) is 13.7. The topological polar surface area (TPSA) is 350 Å². The maximum atomic E-state index is 12.1. The quantitative estimate of drug-likeness (QED) is 0.0355. The molecule has 22 nitrogen and oxygen atoms in total. The van der Waals surface area contributed by atoms with Crippen molar-refractivity contribution >= 4 is 76.5 Å². The standard InChI is InChI=1S/C28H18N8O14S2/c37-22-8-7-19(31-32-20-11-17(51(45,46)47)12-21(27(20)39)36(43)44)28(40)24(22)33-30-15-2-1-13-9-23(52(48,49)50)25(26(38)18(13)10-15)34-29-14-3-5-16(6-4-14)35(41)42/h1-12,37-40H,(H,45,46,47)(H,48,49,50). The molecule has 0 bridgehead atoms. The van der Waals surface area contributed by atoms with Crippen LogP contribution in [-0.2, 0) is 20.2 Å². The summed E-state index contributed by atoms with van der Waals surface area (Å²) in [5.41, 5.74) is -4.01. The van der Waals surface area contributed by atoms with Gasteiger partial charge in [-0.05, 0) is 53.9 Å². The highest BCUT2D eigenvalue weighted by Crippen LogP contribution is 2.46. The molecular weight excluding hydrogens is 736 g/mol. The molecule has 0 unspecified atom stereocenters. The number of fused-ring (bicyclic) bond motifs is 1. The molecule has 0 aliphatic rings. The van der Waals surface area contributed by atoms with Gasteiger partial charge in [0, 0.05) is 23.6 Å². The fourth-order valence-electron chi connectivity index (χ4n) is 4.33. The molecule has 0 spiro atoms. The van der Waals surface area contributed by atoms with Crippen LogP contribution in [0.4, 0.5) is 45.5 Å². The van der Waals surface area contributed by atoms with Crippen LogP contribution in [0, 0.1) is 20.2 Å². The molecule has 0 aromatic heterocycles. The van der Waals surface area contributed by atoms with Crippen LogP contribution in [0.25, 0.3) is 10.8 Å². The van der Waals surface area contributed by atoms with Crippen LogP contribution >= 0.6 is 0 Å². The van der Waals surface area contributed by atoms with Crippen LogP contribution in [0.15, 0.2) is 113 Å². The van der Waals surface area contributed by atoms with Crippen LogP contribution in [0.1, 0.15) is 0 Å². The first-order valence-electron chi connectivity index (χ1n) is 13.7. The fourth-order valence-corrected chi connectivity index (χ4v) is 5.51. The SMILES string of the molecule is O=[N+]([O-])c1ccc(N=Nc2c(S(=O)(=O)O)cc3ccc(N=Nc4c(O)ccc(N=Nc5cc(S(=O)(=O)O)cc([N+](=O)[O-])c5O)c4O)cc3c2O)cc1. The van der Waals surface area contributed by atoms with Gasteiger partial charge in [-0.25, -0.2) is 0 Å². The lowest BCUT2D eigenvalue weighted by molar-refractivity contribution is -0.386. The minimum atomic E-state index is -4.99. The van der Waals surface area contributed by atoms with Gasteiger partial charge in [-0.2, -0.15) is 27.1 Å². The van der Waals surface area contributed by atoms with E-state index >= 15 is 0 Å². The van der Waals surface area contributed by atoms with E-state index in [2.05, 4.69) is 30.7 Å². The monoisotopic (exact) mass is 754 g/mol. The highest BCUT2D eigenvalue weighted by molar-refractivity contribution is 7.86. The van der Waals surface area contributed by atoms with Crippen LogP contribution in [0.5, 0.6) is 23.0 Å². The Labute approximate surface area is 288 Å². The molecule has 6 N–H and O–H groups in total. The Morgan fingerprint density at radius 1 is 0.558 bits per heavy atom. The molecule has 266 valence electrons. The number of aromatic hydroxyl groups is 4. The van der Waals surface area contributed by atoms with Crippen molar-refractivity contribution in [1.29, 1.82) is 0 Å². The maximum Gasteiger partial charge on any atom is 0.314 e. The van der Waals surface area contributed by atoms with Crippen molar-refractivity contribution in [2.75, 3.05) is 0 Å². The molecule has 0 amide bonds. The zero-order valence-electron chi connectivity index (χ0n) is 25.3. The average molecular weight is 755 g/mol. The van der Waals surface area contributed by atoms with E-state index in [1.807, 2.05) is 0 Å². The van der Waals surface area contributed by atoms with Crippen molar-refractivity contribution in [3.63, 3.8) is 0 Å². The van der Waals surface area contributed by atoms with E-state index in [-0.39, 0.29) is 27.8 Å². The summed E-state index contributed by atoms with van der Waals surface area (Å²) in [4.78, 5) is 18.5. The van der Waals surface area contributed by atoms with E-state index in [1.165, 1.54) is 30.3 Å². The number of nitro groups is 2. The van der Waals surface area contributed by atoms with Gasteiger partial charge in [0.1, 0.15) is 32.6 Å². The van der Waals surface area contributed by atoms with Gasteiger partial charge in [0.05, 0.1) is 21.2 Å². The summed E-state index contributed by atoms with van der Waals surface area (Å²) in [6.07, 6.45) is 0. The Bertz CT molecular complexity index is 2630. The lowest BCUT2D eigenvalue weighted by Crippen LogP contribution is -1.99. The highest BCUT2D eigenvalue weighted by atomic mass is 32.2. The first kappa shape index (κ1) is 36.3. The van der Waals surface area contributed by atoms with Gasteiger partial charge in [-0.3, -0.25) is 29.3 Å². The number of nitrogens with zero attached hydrogens (tertiary/aromatic N) is 8. The number of hydrogen-bond donors (Lipinski definition) is 6. The molecule has 52 heavy (non-hydrogen) atoms. The highest BCUT2D eigenvalue weighted by Gasteiger charge is 2.25. The number of azo groups is 3. The molecule has 0 atom stereocenters. The van der Waals surface area contributed by atoms with Crippen LogP contribution < -0.4 is 0 Å². The van der Waals surface area contributed by atoms with Crippen molar-refractivity contribution in [2.24, 2.45) is 30.7 Å². The van der Waals surface area contributed by atoms with Gasteiger partial charge in [0.25, 0.3) is 25.9 Å². The first-order valence-corrected chi connectivity index (χ1v) is 16.5. The van der Waals surface area contributed by atoms with Crippen molar-refractivity contribution < 1.29 is 56.2 Å². The minimum absolute atomic E-state index is 0.0278. The summed E-state index contributed by atoms with van der Waals surface area (Å²) in [6.45, 7) is 0. The predicted octanol–water partition coefficient (Wildman–Crippen LogP) is 7.22. The van der Waals surface area contributed by atoms with Crippen molar-refractivity contribution in [1.82, 2.24) is 0 Å². The van der Waals surface area contributed by atoms with E-state index < -0.39 is 91.3 Å². The van der Waals surface area contributed by atoms with Gasteiger partial charge in [-0.1, -0.05) is 6.07 Å². The summed E-state index contributed by atoms with van der Waals surface area (Å²) in [7, 11) is -9.97. The molecule has 0 aliphatic carbocycles. The molecule has 0 fully saturated rings. The van der Waals surface area contributed by atoms with Crippen molar-refractivity contribution in [3.05, 3.63) is 93.0 Å². The second-order valence-electron chi connectivity index (χ2n) is 10.2. The van der Waals surface area contributed by atoms with Crippen LogP contribution in [-0.4, -0.2) is 56.2 Å².